The van der Waals surface area contributed by atoms with Crippen LogP contribution in [0.2, 0.25) is 0 Å². The Morgan fingerprint density at radius 1 is 1.03 bits per heavy atom. The highest BCUT2D eigenvalue weighted by atomic mass is 32.2. The van der Waals surface area contributed by atoms with E-state index in [0.29, 0.717) is 37.6 Å². The monoisotopic (exact) mass is 464 g/mol. The highest BCUT2D eigenvalue weighted by Gasteiger charge is 2.23. The molecule has 0 bridgehead atoms. The number of benzene rings is 2. The molecule has 0 aliphatic carbocycles. The molecule has 0 atom stereocenters. The van der Waals surface area contributed by atoms with Crippen molar-refractivity contribution in [2.75, 3.05) is 53.4 Å². The molecule has 2 aromatic carbocycles. The zero-order valence-corrected chi connectivity index (χ0v) is 18.4. The van der Waals surface area contributed by atoms with Gasteiger partial charge in [0.15, 0.2) is 0 Å². The molecule has 1 aliphatic rings. The Morgan fingerprint density at radius 3 is 2.25 bits per heavy atom. The quantitative estimate of drug-likeness (QED) is 0.547. The third kappa shape index (κ3) is 6.17. The molecule has 0 radical (unpaired) electrons. The predicted octanol–water partition coefficient (Wildman–Crippen LogP) is 2.05. The van der Waals surface area contributed by atoms with Crippen molar-refractivity contribution in [1.29, 1.82) is 0 Å². The number of anilines is 3. The van der Waals surface area contributed by atoms with Crippen molar-refractivity contribution in [3.05, 3.63) is 53.8 Å². The van der Waals surface area contributed by atoms with E-state index in [0.717, 1.165) is 0 Å². The number of hydrogen-bond acceptors (Lipinski definition) is 6. The molecular weight excluding hydrogens is 439 g/mol. The Labute approximate surface area is 185 Å². The Balaban J connectivity index is 1.60. The molecule has 3 rings (SSSR count). The first-order valence-corrected chi connectivity index (χ1v) is 11.7. The van der Waals surface area contributed by atoms with Gasteiger partial charge < -0.3 is 15.3 Å². The molecule has 0 unspecified atom stereocenters. The van der Waals surface area contributed by atoms with Crippen molar-refractivity contribution in [3.8, 4) is 0 Å². The summed E-state index contributed by atoms with van der Waals surface area (Å²) >= 11 is 0. The zero-order valence-electron chi connectivity index (χ0n) is 17.5. The Morgan fingerprint density at radius 2 is 1.66 bits per heavy atom. The van der Waals surface area contributed by atoms with E-state index in [2.05, 4.69) is 10.0 Å². The Bertz CT molecular complexity index is 1080. The van der Waals surface area contributed by atoms with Crippen LogP contribution in [0.4, 0.5) is 21.5 Å². The first-order valence-electron chi connectivity index (χ1n) is 10.1. The third-order valence-electron chi connectivity index (χ3n) is 5.09. The predicted molar refractivity (Wildman–Crippen MR) is 120 cm³/mol. The van der Waals surface area contributed by atoms with Gasteiger partial charge in [-0.05, 0) is 49.4 Å². The highest BCUT2D eigenvalue weighted by Crippen LogP contribution is 2.26. The van der Waals surface area contributed by atoms with Crippen LogP contribution in [0, 0.1) is 5.82 Å². The lowest BCUT2D eigenvalue weighted by molar-refractivity contribution is -0.117. The minimum atomic E-state index is -3.52. The standard InChI is InChI=1S/C21H25FN4O5S/c1-2-32(30,31)24-17-7-8-19(18(13-17)21(28)29)26-11-9-25(10-12-26)14-20(27)23-16-5-3-15(22)4-6-16/h3-8,13,24H,2,9-12,14H2,1H3,(H,23,27)(H,28,29). The molecule has 0 saturated carbocycles. The number of aromatic carboxylic acids is 1. The van der Waals surface area contributed by atoms with Crippen molar-refractivity contribution in [3.63, 3.8) is 0 Å². The maximum atomic E-state index is 13.0. The summed E-state index contributed by atoms with van der Waals surface area (Å²) < 4.78 is 38.9. The lowest BCUT2D eigenvalue weighted by atomic mass is 10.1. The summed E-state index contributed by atoms with van der Waals surface area (Å²) in [6.45, 7) is 3.75. The second-order valence-electron chi connectivity index (χ2n) is 7.36. The van der Waals surface area contributed by atoms with Gasteiger partial charge in [0.1, 0.15) is 5.82 Å². The van der Waals surface area contributed by atoms with E-state index in [1.165, 1.54) is 43.3 Å². The normalized spacial score (nSPS) is 14.8. The number of sulfonamides is 1. The molecule has 1 saturated heterocycles. The Kier molecular flexibility index (Phi) is 7.31. The van der Waals surface area contributed by atoms with Gasteiger partial charge in [-0.1, -0.05) is 0 Å². The second kappa shape index (κ2) is 9.96. The molecule has 1 heterocycles. The molecule has 0 spiro atoms. The maximum Gasteiger partial charge on any atom is 0.337 e. The van der Waals surface area contributed by atoms with Crippen molar-refractivity contribution in [2.24, 2.45) is 0 Å². The summed E-state index contributed by atoms with van der Waals surface area (Å²) in [5, 5.41) is 12.3. The number of nitrogens with zero attached hydrogens (tertiary/aromatic N) is 2. The van der Waals surface area contributed by atoms with Gasteiger partial charge in [-0.15, -0.1) is 0 Å². The number of carboxylic acids is 1. The van der Waals surface area contributed by atoms with Crippen molar-refractivity contribution in [2.45, 2.75) is 6.92 Å². The van der Waals surface area contributed by atoms with Gasteiger partial charge in [0.25, 0.3) is 0 Å². The number of carbonyl (C=O) groups is 2. The van der Waals surface area contributed by atoms with Gasteiger partial charge in [0, 0.05) is 37.6 Å². The number of amides is 1. The first kappa shape index (κ1) is 23.5. The van der Waals surface area contributed by atoms with E-state index in [1.807, 2.05) is 9.80 Å². The van der Waals surface area contributed by atoms with Crippen LogP contribution in [-0.4, -0.2) is 68.8 Å². The number of halogens is 1. The van der Waals surface area contributed by atoms with Crippen LogP contribution in [0.15, 0.2) is 42.5 Å². The molecule has 1 fully saturated rings. The summed E-state index contributed by atoms with van der Waals surface area (Å²) in [4.78, 5) is 27.9. The topological polar surface area (TPSA) is 119 Å². The van der Waals surface area contributed by atoms with Crippen molar-refractivity contribution in [1.82, 2.24) is 4.90 Å². The molecule has 0 aromatic heterocycles. The SMILES string of the molecule is CCS(=O)(=O)Nc1ccc(N2CCN(CC(=O)Nc3ccc(F)cc3)CC2)c(C(=O)O)c1. The highest BCUT2D eigenvalue weighted by molar-refractivity contribution is 7.92. The summed E-state index contributed by atoms with van der Waals surface area (Å²) in [6, 6.07) is 9.96. The lowest BCUT2D eigenvalue weighted by Gasteiger charge is -2.36. The first-order chi connectivity index (χ1) is 15.2. The van der Waals surface area contributed by atoms with Crippen LogP contribution in [0.5, 0.6) is 0 Å². The van der Waals surface area contributed by atoms with Gasteiger partial charge in [0.2, 0.25) is 15.9 Å². The fraction of sp³-hybridized carbons (Fsp3) is 0.333. The van der Waals surface area contributed by atoms with E-state index in [-0.39, 0.29) is 35.3 Å². The zero-order chi connectivity index (χ0) is 23.3. The van der Waals surface area contributed by atoms with E-state index in [1.54, 1.807) is 6.07 Å². The number of nitrogens with one attached hydrogen (secondary N) is 2. The van der Waals surface area contributed by atoms with Gasteiger partial charge in [-0.25, -0.2) is 17.6 Å². The number of hydrogen-bond donors (Lipinski definition) is 3. The van der Waals surface area contributed by atoms with Crippen LogP contribution >= 0.6 is 0 Å². The fourth-order valence-electron chi connectivity index (χ4n) is 3.38. The van der Waals surface area contributed by atoms with E-state index < -0.39 is 16.0 Å². The summed E-state index contributed by atoms with van der Waals surface area (Å²) in [5.41, 5.74) is 1.21. The van der Waals surface area contributed by atoms with Crippen molar-refractivity contribution >= 4 is 39.0 Å². The minimum absolute atomic E-state index is 0.00352. The summed E-state index contributed by atoms with van der Waals surface area (Å²) in [7, 11) is -3.52. The molecule has 3 N–H and O–H groups in total. The number of piperazine rings is 1. The molecule has 9 nitrogen and oxygen atoms in total. The van der Waals surface area contributed by atoms with Gasteiger partial charge in [-0.2, -0.15) is 0 Å². The average Bonchev–Trinajstić information content (AvgIpc) is 2.75. The van der Waals surface area contributed by atoms with Crippen LogP contribution < -0.4 is 14.9 Å². The minimum Gasteiger partial charge on any atom is -0.478 e. The van der Waals surface area contributed by atoms with Crippen LogP contribution in [0.3, 0.4) is 0 Å². The fourth-order valence-corrected chi connectivity index (χ4v) is 4.01. The van der Waals surface area contributed by atoms with Crippen LogP contribution in [-0.2, 0) is 14.8 Å². The summed E-state index contributed by atoms with van der Waals surface area (Å²) in [6.07, 6.45) is 0. The summed E-state index contributed by atoms with van der Waals surface area (Å²) in [5.74, 6) is -1.87. The smallest absolute Gasteiger partial charge is 0.337 e. The number of rotatable bonds is 8. The van der Waals surface area contributed by atoms with Gasteiger partial charge >= 0.3 is 5.97 Å². The Hall–Kier alpha value is -3.18. The van der Waals surface area contributed by atoms with Crippen LogP contribution in [0.1, 0.15) is 17.3 Å². The number of carbonyl (C=O) groups excluding carboxylic acids is 1. The van der Waals surface area contributed by atoms with Gasteiger partial charge in [-0.3, -0.25) is 14.4 Å². The molecule has 32 heavy (non-hydrogen) atoms. The van der Waals surface area contributed by atoms with Gasteiger partial charge in [0.05, 0.1) is 23.5 Å². The molecule has 11 heteroatoms. The van der Waals surface area contributed by atoms with E-state index >= 15 is 0 Å². The van der Waals surface area contributed by atoms with Crippen LogP contribution in [0.25, 0.3) is 0 Å². The lowest BCUT2D eigenvalue weighted by Crippen LogP contribution is -2.49. The molecule has 2 aromatic rings. The largest absolute Gasteiger partial charge is 0.478 e. The number of carboxylic acid groups (broad SMARTS) is 1. The van der Waals surface area contributed by atoms with E-state index in [9.17, 15) is 27.5 Å². The second-order valence-corrected chi connectivity index (χ2v) is 9.37. The molecule has 1 amide bonds. The molecular formula is C21H25FN4O5S. The average molecular weight is 465 g/mol. The molecule has 172 valence electrons. The molecule has 1 aliphatic heterocycles. The van der Waals surface area contributed by atoms with Crippen molar-refractivity contribution < 1.29 is 27.5 Å². The van der Waals surface area contributed by atoms with E-state index in [4.69, 9.17) is 0 Å². The third-order valence-corrected chi connectivity index (χ3v) is 6.40. The maximum absolute atomic E-state index is 13.0.